The van der Waals surface area contributed by atoms with Crippen LogP contribution >= 0.6 is 0 Å². The number of piperazine rings is 1. The first-order valence-corrected chi connectivity index (χ1v) is 8.17. The molecule has 1 saturated carbocycles. The molecule has 0 aromatic rings. The van der Waals surface area contributed by atoms with Crippen molar-refractivity contribution in [3.05, 3.63) is 0 Å². The van der Waals surface area contributed by atoms with Crippen molar-refractivity contribution in [2.45, 2.75) is 77.9 Å². The smallest absolute Gasteiger partial charge is 0.246 e. The van der Waals surface area contributed by atoms with Crippen molar-refractivity contribution in [3.8, 4) is 0 Å². The van der Waals surface area contributed by atoms with E-state index in [2.05, 4.69) is 26.1 Å². The van der Waals surface area contributed by atoms with E-state index in [1.165, 1.54) is 0 Å². The van der Waals surface area contributed by atoms with Crippen molar-refractivity contribution >= 4 is 11.8 Å². The Bertz CT molecular complexity index is 375. The van der Waals surface area contributed by atoms with Crippen LogP contribution in [-0.2, 0) is 9.59 Å². The third kappa shape index (κ3) is 2.70. The molecule has 0 bridgehead atoms. The van der Waals surface area contributed by atoms with Gasteiger partial charge in [-0.2, -0.15) is 0 Å². The molecule has 114 valence electrons. The van der Waals surface area contributed by atoms with E-state index in [1.807, 2.05) is 11.8 Å². The molecule has 2 aliphatic rings. The van der Waals surface area contributed by atoms with Gasteiger partial charge in [0.2, 0.25) is 11.8 Å². The van der Waals surface area contributed by atoms with Crippen LogP contribution in [-0.4, -0.2) is 34.8 Å². The molecule has 1 aliphatic carbocycles. The van der Waals surface area contributed by atoms with Gasteiger partial charge in [0.1, 0.15) is 12.1 Å². The highest BCUT2D eigenvalue weighted by Gasteiger charge is 2.48. The molecule has 3 atom stereocenters. The van der Waals surface area contributed by atoms with Gasteiger partial charge < -0.3 is 10.2 Å². The van der Waals surface area contributed by atoms with Crippen molar-refractivity contribution in [1.82, 2.24) is 10.2 Å². The molecule has 4 nitrogen and oxygen atoms in total. The average molecular weight is 280 g/mol. The third-order valence-electron chi connectivity index (χ3n) is 5.11. The van der Waals surface area contributed by atoms with Crippen molar-refractivity contribution in [2.75, 3.05) is 0 Å². The van der Waals surface area contributed by atoms with E-state index in [1.54, 1.807) is 0 Å². The van der Waals surface area contributed by atoms with Gasteiger partial charge in [0.05, 0.1) is 0 Å². The molecule has 1 heterocycles. The van der Waals surface area contributed by atoms with Gasteiger partial charge in [0.15, 0.2) is 0 Å². The number of amides is 2. The maximum Gasteiger partial charge on any atom is 0.246 e. The van der Waals surface area contributed by atoms with E-state index in [-0.39, 0.29) is 29.9 Å². The lowest BCUT2D eigenvalue weighted by Gasteiger charge is -2.44. The normalized spacial score (nSPS) is 28.8. The summed E-state index contributed by atoms with van der Waals surface area (Å²) in [6.07, 6.45) is 4.93. The molecule has 1 N–H and O–H groups in total. The molecule has 0 aromatic carbocycles. The summed E-state index contributed by atoms with van der Waals surface area (Å²) >= 11 is 0. The molecule has 2 amide bonds. The SMILES string of the molecule is CCC(CC)C(C)N1C(=O)C(C2CC2)NC(=O)C1CC. The molecule has 4 heteroatoms. The zero-order chi connectivity index (χ0) is 14.9. The first-order chi connectivity index (χ1) is 9.54. The van der Waals surface area contributed by atoms with E-state index in [4.69, 9.17) is 0 Å². The highest BCUT2D eigenvalue weighted by molar-refractivity contribution is 5.97. The van der Waals surface area contributed by atoms with Crippen LogP contribution in [0.1, 0.15) is 59.8 Å². The summed E-state index contributed by atoms with van der Waals surface area (Å²) in [5, 5.41) is 2.96. The molecule has 0 spiro atoms. The fourth-order valence-electron chi connectivity index (χ4n) is 3.57. The number of hydrogen-bond acceptors (Lipinski definition) is 2. The largest absolute Gasteiger partial charge is 0.342 e. The Hall–Kier alpha value is -1.06. The van der Waals surface area contributed by atoms with Gasteiger partial charge >= 0.3 is 0 Å². The zero-order valence-corrected chi connectivity index (χ0v) is 13.2. The van der Waals surface area contributed by atoms with Crippen LogP contribution in [0.5, 0.6) is 0 Å². The first kappa shape index (κ1) is 15.3. The minimum Gasteiger partial charge on any atom is -0.342 e. The molecular formula is C16H28N2O2. The van der Waals surface area contributed by atoms with E-state index in [0.717, 1.165) is 25.7 Å². The predicted molar refractivity (Wildman–Crippen MR) is 79.1 cm³/mol. The monoisotopic (exact) mass is 280 g/mol. The van der Waals surface area contributed by atoms with Crippen molar-refractivity contribution in [3.63, 3.8) is 0 Å². The molecule has 0 aromatic heterocycles. The molecule has 2 fully saturated rings. The van der Waals surface area contributed by atoms with E-state index in [0.29, 0.717) is 18.3 Å². The molecule has 20 heavy (non-hydrogen) atoms. The van der Waals surface area contributed by atoms with Gasteiger partial charge in [-0.05, 0) is 38.0 Å². The molecule has 2 rings (SSSR count). The minimum absolute atomic E-state index is 0.0433. The van der Waals surface area contributed by atoms with Crippen molar-refractivity contribution < 1.29 is 9.59 Å². The van der Waals surface area contributed by atoms with E-state index in [9.17, 15) is 9.59 Å². The Balaban J connectivity index is 2.23. The Labute approximate surface area is 122 Å². The maximum atomic E-state index is 12.8. The summed E-state index contributed by atoms with van der Waals surface area (Å²) in [6.45, 7) is 8.43. The third-order valence-corrected chi connectivity index (χ3v) is 5.11. The fourth-order valence-corrected chi connectivity index (χ4v) is 3.57. The topological polar surface area (TPSA) is 49.4 Å². The highest BCUT2D eigenvalue weighted by Crippen LogP contribution is 2.36. The van der Waals surface area contributed by atoms with Gasteiger partial charge in [-0.3, -0.25) is 9.59 Å². The van der Waals surface area contributed by atoms with Crippen LogP contribution in [0.4, 0.5) is 0 Å². The molecule has 3 unspecified atom stereocenters. The quantitative estimate of drug-likeness (QED) is 0.812. The van der Waals surface area contributed by atoms with E-state index < -0.39 is 0 Å². The number of nitrogens with one attached hydrogen (secondary N) is 1. The molecular weight excluding hydrogens is 252 g/mol. The predicted octanol–water partition coefficient (Wildman–Crippen LogP) is 2.33. The van der Waals surface area contributed by atoms with Crippen LogP contribution in [0.2, 0.25) is 0 Å². The molecule has 0 radical (unpaired) electrons. The minimum atomic E-state index is -0.284. The lowest BCUT2D eigenvalue weighted by Crippen LogP contribution is -2.66. The number of rotatable bonds is 6. The lowest BCUT2D eigenvalue weighted by molar-refractivity contribution is -0.154. The van der Waals surface area contributed by atoms with Crippen molar-refractivity contribution in [2.24, 2.45) is 11.8 Å². The Morgan fingerprint density at radius 3 is 2.25 bits per heavy atom. The summed E-state index contributed by atoms with van der Waals surface area (Å²) < 4.78 is 0. The van der Waals surface area contributed by atoms with E-state index >= 15 is 0 Å². The summed E-state index contributed by atoms with van der Waals surface area (Å²) in [7, 11) is 0. The second kappa shape index (κ2) is 6.15. The fraction of sp³-hybridized carbons (Fsp3) is 0.875. The van der Waals surface area contributed by atoms with Gasteiger partial charge in [0.25, 0.3) is 0 Å². The van der Waals surface area contributed by atoms with Gasteiger partial charge in [-0.1, -0.05) is 33.6 Å². The van der Waals surface area contributed by atoms with Crippen molar-refractivity contribution in [1.29, 1.82) is 0 Å². The maximum absolute atomic E-state index is 12.8. The Kier molecular flexibility index (Phi) is 4.71. The summed E-state index contributed by atoms with van der Waals surface area (Å²) in [4.78, 5) is 27.0. The highest BCUT2D eigenvalue weighted by atomic mass is 16.2. The molecule has 1 aliphatic heterocycles. The number of nitrogens with zero attached hydrogens (tertiary/aromatic N) is 1. The number of carbonyl (C=O) groups is 2. The standard InChI is InChI=1S/C16H28N2O2/c1-5-11(6-2)10(4)18-13(7-3)15(19)17-14(16(18)20)12-8-9-12/h10-14H,5-9H2,1-4H3,(H,17,19). The van der Waals surface area contributed by atoms with Crippen LogP contribution in [0, 0.1) is 11.8 Å². The number of carbonyl (C=O) groups excluding carboxylic acids is 2. The molecule has 1 saturated heterocycles. The Morgan fingerprint density at radius 2 is 1.80 bits per heavy atom. The number of hydrogen-bond donors (Lipinski definition) is 1. The lowest BCUT2D eigenvalue weighted by atomic mass is 9.90. The van der Waals surface area contributed by atoms with Crippen LogP contribution in [0.3, 0.4) is 0 Å². The first-order valence-electron chi connectivity index (χ1n) is 8.17. The second-order valence-electron chi connectivity index (χ2n) is 6.31. The van der Waals surface area contributed by atoms with Crippen LogP contribution in [0.15, 0.2) is 0 Å². The zero-order valence-electron chi connectivity index (χ0n) is 13.2. The summed E-state index contributed by atoms with van der Waals surface area (Å²) in [5.41, 5.74) is 0. The summed E-state index contributed by atoms with van der Waals surface area (Å²) in [5.74, 6) is 1.04. The van der Waals surface area contributed by atoms with Gasteiger partial charge in [0, 0.05) is 6.04 Å². The second-order valence-corrected chi connectivity index (χ2v) is 6.31. The van der Waals surface area contributed by atoms with Gasteiger partial charge in [-0.15, -0.1) is 0 Å². The van der Waals surface area contributed by atoms with Crippen LogP contribution in [0.25, 0.3) is 0 Å². The average Bonchev–Trinajstić information content (AvgIpc) is 3.26. The van der Waals surface area contributed by atoms with Gasteiger partial charge in [-0.25, -0.2) is 0 Å². The Morgan fingerprint density at radius 1 is 1.20 bits per heavy atom. The van der Waals surface area contributed by atoms with Crippen LogP contribution < -0.4 is 5.32 Å². The summed E-state index contributed by atoms with van der Waals surface area (Å²) in [6, 6.07) is -0.398.